The Morgan fingerprint density at radius 2 is 1.47 bits per heavy atom. The van der Waals surface area contributed by atoms with Crippen LogP contribution in [0, 0.1) is 5.92 Å². The van der Waals surface area contributed by atoms with Gasteiger partial charge in [0.15, 0.2) is 7.14 Å². The fourth-order valence-electron chi connectivity index (χ4n) is 4.78. The Morgan fingerprint density at radius 3 is 2.12 bits per heavy atom. The molecule has 3 aromatic rings. The quantitative estimate of drug-likeness (QED) is 0.270. The normalized spacial score (nSPS) is 19.5. The lowest BCUT2D eigenvalue weighted by Crippen LogP contribution is -2.18. The van der Waals surface area contributed by atoms with Gasteiger partial charge in [-0.15, -0.1) is 0 Å². The topological polar surface area (TPSA) is 17.1 Å². The van der Waals surface area contributed by atoms with E-state index in [1.54, 1.807) is 0 Å². The van der Waals surface area contributed by atoms with Crippen molar-refractivity contribution in [3.63, 3.8) is 0 Å². The minimum Gasteiger partial charge on any atom is -0.309 e. The van der Waals surface area contributed by atoms with Crippen molar-refractivity contribution < 1.29 is 4.57 Å². The lowest BCUT2D eigenvalue weighted by atomic mass is 9.86. The maximum atomic E-state index is 14.6. The second kappa shape index (κ2) is 10.2. The number of rotatable bonds is 6. The molecule has 34 heavy (non-hydrogen) atoms. The van der Waals surface area contributed by atoms with Gasteiger partial charge >= 0.3 is 0 Å². The van der Waals surface area contributed by atoms with E-state index >= 15 is 0 Å². The lowest BCUT2D eigenvalue weighted by molar-refractivity contribution is 0.589. The third-order valence-electron chi connectivity index (χ3n) is 6.58. The average molecular weight is 461 g/mol. The lowest BCUT2D eigenvalue weighted by Gasteiger charge is -2.24. The van der Waals surface area contributed by atoms with E-state index < -0.39 is 7.14 Å². The molecule has 2 heteroatoms. The van der Waals surface area contributed by atoms with Crippen LogP contribution in [0.25, 0.3) is 11.6 Å². The van der Waals surface area contributed by atoms with Gasteiger partial charge in [0.1, 0.15) is 0 Å². The molecule has 0 saturated carbocycles. The Bertz CT molecular complexity index is 1320. The van der Waals surface area contributed by atoms with Crippen molar-refractivity contribution in [2.24, 2.45) is 5.92 Å². The Labute approximate surface area is 202 Å². The van der Waals surface area contributed by atoms with Crippen molar-refractivity contribution in [3.05, 3.63) is 144 Å². The molecule has 0 heterocycles. The number of benzene rings is 3. The molecule has 0 aliphatic heterocycles. The zero-order valence-corrected chi connectivity index (χ0v) is 20.2. The monoisotopic (exact) mass is 460 g/mol. The third-order valence-corrected chi connectivity index (χ3v) is 9.81. The molecule has 168 valence electrons. The van der Waals surface area contributed by atoms with Crippen LogP contribution in [0.15, 0.2) is 133 Å². The highest BCUT2D eigenvalue weighted by Crippen LogP contribution is 2.54. The van der Waals surface area contributed by atoms with E-state index in [2.05, 4.69) is 97.1 Å². The largest absolute Gasteiger partial charge is 0.309 e. The Hall–Kier alpha value is -3.41. The number of hydrogen-bond donors (Lipinski definition) is 0. The molecule has 0 aromatic heterocycles. The van der Waals surface area contributed by atoms with E-state index in [1.165, 1.54) is 11.1 Å². The van der Waals surface area contributed by atoms with Gasteiger partial charge in [-0.2, -0.15) is 0 Å². The van der Waals surface area contributed by atoms with Crippen molar-refractivity contribution in [2.45, 2.75) is 19.3 Å². The molecule has 0 saturated heterocycles. The maximum Gasteiger partial charge on any atom is 0.167 e. The molecule has 3 aromatic carbocycles. The Balaban J connectivity index is 1.55. The molecule has 0 bridgehead atoms. The summed E-state index contributed by atoms with van der Waals surface area (Å²) < 4.78 is 14.6. The van der Waals surface area contributed by atoms with E-state index in [4.69, 9.17) is 0 Å². The second-order valence-electron chi connectivity index (χ2n) is 8.78. The van der Waals surface area contributed by atoms with Gasteiger partial charge in [0, 0.05) is 16.5 Å². The summed E-state index contributed by atoms with van der Waals surface area (Å²) >= 11 is 0. The first kappa shape index (κ1) is 22.4. The van der Waals surface area contributed by atoms with E-state index in [9.17, 15) is 4.57 Å². The summed E-state index contributed by atoms with van der Waals surface area (Å²) in [5.41, 5.74) is 3.67. The first-order chi connectivity index (χ1) is 16.7. The fraction of sp³-hybridized carbons (Fsp3) is 0.125. The van der Waals surface area contributed by atoms with Gasteiger partial charge in [0.25, 0.3) is 0 Å². The molecule has 0 spiro atoms. The highest BCUT2D eigenvalue weighted by atomic mass is 31.2. The van der Waals surface area contributed by atoms with Gasteiger partial charge in [0.2, 0.25) is 0 Å². The van der Waals surface area contributed by atoms with E-state index in [1.807, 2.05) is 36.4 Å². The Kier molecular flexibility index (Phi) is 6.74. The molecule has 1 nitrogen and oxygen atoms in total. The summed E-state index contributed by atoms with van der Waals surface area (Å²) in [5, 5.41) is 2.84. The fourth-order valence-corrected chi connectivity index (χ4v) is 7.64. The molecule has 2 unspecified atom stereocenters. The smallest absolute Gasteiger partial charge is 0.167 e. The van der Waals surface area contributed by atoms with E-state index in [0.717, 1.165) is 40.7 Å². The second-order valence-corrected chi connectivity index (χ2v) is 11.6. The summed E-state index contributed by atoms with van der Waals surface area (Å²) in [6.07, 6.45) is 20.1. The van der Waals surface area contributed by atoms with E-state index in [0.29, 0.717) is 5.92 Å². The van der Waals surface area contributed by atoms with Crippen LogP contribution in [0.2, 0.25) is 0 Å². The SMILES string of the molecule is O=P(C1=CC=CCC1)(c1ccccc1)c1ccc(/C=C(/c2ccccc2)C2C=CC=CC2)cc1. The summed E-state index contributed by atoms with van der Waals surface area (Å²) in [6.45, 7) is 0. The van der Waals surface area contributed by atoms with Gasteiger partial charge < -0.3 is 4.57 Å². The van der Waals surface area contributed by atoms with Crippen molar-refractivity contribution >= 4 is 29.4 Å². The molecular formula is C32H29OP. The predicted octanol–water partition coefficient (Wildman–Crippen LogP) is 7.91. The molecule has 2 aliphatic rings. The van der Waals surface area contributed by atoms with Crippen LogP contribution in [0.3, 0.4) is 0 Å². The zero-order valence-electron chi connectivity index (χ0n) is 19.3. The van der Waals surface area contributed by atoms with Gasteiger partial charge in [-0.05, 0) is 41.3 Å². The van der Waals surface area contributed by atoms with Gasteiger partial charge in [-0.1, -0.05) is 134 Å². The summed E-state index contributed by atoms with van der Waals surface area (Å²) in [6, 6.07) is 28.9. The van der Waals surface area contributed by atoms with Crippen molar-refractivity contribution in [3.8, 4) is 0 Å². The van der Waals surface area contributed by atoms with Crippen molar-refractivity contribution in [2.75, 3.05) is 0 Å². The van der Waals surface area contributed by atoms with E-state index in [-0.39, 0.29) is 0 Å². The first-order valence-corrected chi connectivity index (χ1v) is 13.7. The number of allylic oxidation sites excluding steroid dienone is 9. The van der Waals surface area contributed by atoms with Crippen molar-refractivity contribution in [1.29, 1.82) is 0 Å². The van der Waals surface area contributed by atoms with Gasteiger partial charge in [-0.3, -0.25) is 0 Å². The molecule has 0 N–H and O–H groups in total. The molecule has 0 fully saturated rings. The van der Waals surface area contributed by atoms with Crippen LogP contribution in [0.5, 0.6) is 0 Å². The van der Waals surface area contributed by atoms with Crippen LogP contribution in [-0.2, 0) is 4.57 Å². The zero-order chi connectivity index (χ0) is 23.2. The van der Waals surface area contributed by atoms with Crippen LogP contribution in [-0.4, -0.2) is 0 Å². The highest BCUT2D eigenvalue weighted by molar-refractivity contribution is 7.82. The van der Waals surface area contributed by atoms with Gasteiger partial charge in [-0.25, -0.2) is 0 Å². The summed E-state index contributed by atoms with van der Waals surface area (Å²) in [4.78, 5) is 0. The predicted molar refractivity (Wildman–Crippen MR) is 147 cm³/mol. The summed E-state index contributed by atoms with van der Waals surface area (Å²) in [5.74, 6) is 0.349. The molecule has 2 aliphatic carbocycles. The minimum atomic E-state index is -2.87. The van der Waals surface area contributed by atoms with Crippen LogP contribution in [0.1, 0.15) is 30.4 Å². The van der Waals surface area contributed by atoms with Gasteiger partial charge in [0.05, 0.1) is 0 Å². The van der Waals surface area contributed by atoms with Crippen LogP contribution < -0.4 is 10.6 Å². The highest BCUT2D eigenvalue weighted by Gasteiger charge is 2.31. The maximum absolute atomic E-state index is 14.6. The van der Waals surface area contributed by atoms with Crippen LogP contribution >= 0.6 is 7.14 Å². The molecule has 5 rings (SSSR count). The molecule has 2 atom stereocenters. The summed E-state index contributed by atoms with van der Waals surface area (Å²) in [7, 11) is -2.87. The number of hydrogen-bond acceptors (Lipinski definition) is 1. The molecular weight excluding hydrogens is 431 g/mol. The van der Waals surface area contributed by atoms with Crippen LogP contribution in [0.4, 0.5) is 0 Å². The standard InChI is InChI=1S/C32H29OP/c33-34(29-17-9-3-10-18-29,30-19-11-4-12-20-30)31-23-21-26(22-24-31)25-32(27-13-5-1-6-14-27)28-15-7-2-8-16-28/h1-11,13-15,17-19,21-25,28H,12,16,20H2/b32-25-. The first-order valence-electron chi connectivity index (χ1n) is 12.0. The molecule has 0 amide bonds. The Morgan fingerprint density at radius 1 is 0.765 bits per heavy atom. The van der Waals surface area contributed by atoms with Crippen molar-refractivity contribution in [1.82, 2.24) is 0 Å². The molecule has 0 radical (unpaired) electrons. The average Bonchev–Trinajstić information content (AvgIpc) is 2.93. The third kappa shape index (κ3) is 4.63. The minimum absolute atomic E-state index is 0.349.